The summed E-state index contributed by atoms with van der Waals surface area (Å²) in [6.45, 7) is 9.58. The van der Waals surface area contributed by atoms with Crippen molar-refractivity contribution in [2.24, 2.45) is 0 Å². The molecule has 1 N–H and O–H groups in total. The van der Waals surface area contributed by atoms with Crippen molar-refractivity contribution in [2.45, 2.75) is 39.2 Å². The van der Waals surface area contributed by atoms with Gasteiger partial charge in [-0.1, -0.05) is 13.8 Å². The Morgan fingerprint density at radius 2 is 2.00 bits per heavy atom. The molecular formula is C22H29N5O3. The Kier molecular flexibility index (Phi) is 6.44. The van der Waals surface area contributed by atoms with Crippen LogP contribution in [0.1, 0.15) is 38.0 Å². The van der Waals surface area contributed by atoms with Gasteiger partial charge in [-0.15, -0.1) is 10.2 Å². The minimum absolute atomic E-state index is 0.0644. The van der Waals surface area contributed by atoms with Crippen molar-refractivity contribution < 1.29 is 13.9 Å². The number of hydrogen-bond donors (Lipinski definition) is 1. The normalized spacial score (nSPS) is 15.2. The molecule has 3 aromatic rings. The van der Waals surface area contributed by atoms with Crippen molar-refractivity contribution in [3.63, 3.8) is 0 Å². The molecular weight excluding hydrogens is 382 g/mol. The summed E-state index contributed by atoms with van der Waals surface area (Å²) in [6, 6.07) is 8.13. The van der Waals surface area contributed by atoms with Gasteiger partial charge in [-0.2, -0.15) is 0 Å². The number of benzene rings is 1. The van der Waals surface area contributed by atoms with Crippen LogP contribution in [0.5, 0.6) is 0 Å². The SMILES string of the molecule is CC(C)c1nnc(CCC(=O)Nc2ccc3c(ccn3CCN3CCOCC3)c2)o1. The molecule has 2 aromatic heterocycles. The number of ether oxygens (including phenoxy) is 1. The third kappa shape index (κ3) is 5.06. The van der Waals surface area contributed by atoms with Crippen LogP contribution < -0.4 is 5.32 Å². The summed E-state index contributed by atoms with van der Waals surface area (Å²) in [4.78, 5) is 14.8. The van der Waals surface area contributed by atoms with Crippen LogP contribution in [0, 0.1) is 0 Å². The smallest absolute Gasteiger partial charge is 0.224 e. The first-order chi connectivity index (χ1) is 14.6. The number of fused-ring (bicyclic) bond motifs is 1. The number of amides is 1. The second kappa shape index (κ2) is 9.40. The number of hydrogen-bond acceptors (Lipinski definition) is 6. The second-order valence-corrected chi connectivity index (χ2v) is 7.97. The monoisotopic (exact) mass is 411 g/mol. The fraction of sp³-hybridized carbons (Fsp3) is 0.500. The fourth-order valence-corrected chi connectivity index (χ4v) is 3.59. The van der Waals surface area contributed by atoms with Gasteiger partial charge in [-0.3, -0.25) is 9.69 Å². The molecule has 4 rings (SSSR count). The average molecular weight is 412 g/mol. The van der Waals surface area contributed by atoms with E-state index in [1.807, 2.05) is 26.0 Å². The Balaban J connectivity index is 1.31. The van der Waals surface area contributed by atoms with Gasteiger partial charge in [0.15, 0.2) is 0 Å². The number of nitrogens with one attached hydrogen (secondary N) is 1. The summed E-state index contributed by atoms with van der Waals surface area (Å²) in [5.41, 5.74) is 1.97. The predicted molar refractivity (Wildman–Crippen MR) is 115 cm³/mol. The predicted octanol–water partition coefficient (Wildman–Crippen LogP) is 3.05. The maximum atomic E-state index is 12.3. The summed E-state index contributed by atoms with van der Waals surface area (Å²) in [5.74, 6) is 1.23. The molecule has 0 radical (unpaired) electrons. The van der Waals surface area contributed by atoms with Gasteiger partial charge in [0.2, 0.25) is 17.7 Å². The maximum absolute atomic E-state index is 12.3. The molecule has 0 bridgehead atoms. The van der Waals surface area contributed by atoms with Crippen molar-refractivity contribution in [1.82, 2.24) is 19.7 Å². The number of aromatic nitrogens is 3. The first-order valence-corrected chi connectivity index (χ1v) is 10.6. The van der Waals surface area contributed by atoms with E-state index >= 15 is 0 Å². The molecule has 1 aliphatic rings. The van der Waals surface area contributed by atoms with Crippen LogP contribution in [0.4, 0.5) is 5.69 Å². The van der Waals surface area contributed by atoms with Gasteiger partial charge in [-0.25, -0.2) is 0 Å². The van der Waals surface area contributed by atoms with E-state index in [0.717, 1.165) is 50.5 Å². The van der Waals surface area contributed by atoms with Crippen LogP contribution in [0.3, 0.4) is 0 Å². The Hall–Kier alpha value is -2.71. The molecule has 0 unspecified atom stereocenters. The van der Waals surface area contributed by atoms with E-state index in [0.29, 0.717) is 24.6 Å². The number of rotatable bonds is 8. The molecule has 160 valence electrons. The molecule has 1 saturated heterocycles. The van der Waals surface area contributed by atoms with Crippen LogP contribution in [-0.4, -0.2) is 58.4 Å². The van der Waals surface area contributed by atoms with Gasteiger partial charge in [0.1, 0.15) is 0 Å². The van der Waals surface area contributed by atoms with Crippen LogP contribution in [0.2, 0.25) is 0 Å². The molecule has 0 spiro atoms. The number of anilines is 1. The first-order valence-electron chi connectivity index (χ1n) is 10.6. The van der Waals surface area contributed by atoms with Gasteiger partial charge < -0.3 is 19.0 Å². The molecule has 1 aromatic carbocycles. The number of nitrogens with zero attached hydrogens (tertiary/aromatic N) is 4. The highest BCUT2D eigenvalue weighted by Gasteiger charge is 2.13. The number of carbonyl (C=O) groups is 1. The van der Waals surface area contributed by atoms with Crippen LogP contribution in [-0.2, 0) is 22.5 Å². The van der Waals surface area contributed by atoms with Crippen molar-refractivity contribution in [3.8, 4) is 0 Å². The van der Waals surface area contributed by atoms with Gasteiger partial charge >= 0.3 is 0 Å². The molecule has 0 aliphatic carbocycles. The highest BCUT2D eigenvalue weighted by molar-refractivity contribution is 5.94. The Morgan fingerprint density at radius 3 is 2.77 bits per heavy atom. The molecule has 1 aliphatic heterocycles. The van der Waals surface area contributed by atoms with E-state index in [-0.39, 0.29) is 11.8 Å². The van der Waals surface area contributed by atoms with Gasteiger partial charge in [0.05, 0.1) is 13.2 Å². The summed E-state index contributed by atoms with van der Waals surface area (Å²) in [6.07, 6.45) is 2.85. The Morgan fingerprint density at radius 1 is 1.17 bits per heavy atom. The van der Waals surface area contributed by atoms with E-state index in [1.165, 1.54) is 5.52 Å². The largest absolute Gasteiger partial charge is 0.425 e. The van der Waals surface area contributed by atoms with Crippen molar-refractivity contribution in [2.75, 3.05) is 38.2 Å². The minimum atomic E-state index is -0.0644. The van der Waals surface area contributed by atoms with Crippen LogP contribution >= 0.6 is 0 Å². The van der Waals surface area contributed by atoms with Crippen molar-refractivity contribution in [1.29, 1.82) is 0 Å². The Labute approximate surface area is 176 Å². The lowest BCUT2D eigenvalue weighted by molar-refractivity contribution is -0.116. The third-order valence-electron chi connectivity index (χ3n) is 5.36. The molecule has 0 saturated carbocycles. The lowest BCUT2D eigenvalue weighted by Crippen LogP contribution is -2.38. The van der Waals surface area contributed by atoms with Crippen molar-refractivity contribution in [3.05, 3.63) is 42.2 Å². The highest BCUT2D eigenvalue weighted by Crippen LogP contribution is 2.21. The molecule has 8 heteroatoms. The lowest BCUT2D eigenvalue weighted by atomic mass is 10.2. The summed E-state index contributed by atoms with van der Waals surface area (Å²) in [5, 5.41) is 12.1. The lowest BCUT2D eigenvalue weighted by Gasteiger charge is -2.26. The van der Waals surface area contributed by atoms with E-state index in [2.05, 4.69) is 43.3 Å². The topological polar surface area (TPSA) is 85.4 Å². The average Bonchev–Trinajstić information content (AvgIpc) is 3.38. The van der Waals surface area contributed by atoms with E-state index in [9.17, 15) is 4.79 Å². The standard InChI is InChI=1S/C22H29N5O3/c1-16(2)22-25-24-21(30-22)6-5-20(28)23-18-3-4-19-17(15-18)7-8-27(19)10-9-26-11-13-29-14-12-26/h3-4,7-8,15-16H,5-6,9-14H2,1-2H3,(H,23,28). The van der Waals surface area contributed by atoms with Crippen LogP contribution in [0.25, 0.3) is 10.9 Å². The van der Waals surface area contributed by atoms with Gasteiger partial charge in [-0.05, 0) is 24.3 Å². The molecule has 30 heavy (non-hydrogen) atoms. The zero-order valence-corrected chi connectivity index (χ0v) is 17.6. The fourth-order valence-electron chi connectivity index (χ4n) is 3.59. The molecule has 1 amide bonds. The summed E-state index contributed by atoms with van der Waals surface area (Å²) < 4.78 is 13.2. The number of carbonyl (C=O) groups excluding carboxylic acids is 1. The number of morpholine rings is 1. The van der Waals surface area contributed by atoms with Crippen molar-refractivity contribution >= 4 is 22.5 Å². The minimum Gasteiger partial charge on any atom is -0.425 e. The first kappa shape index (κ1) is 20.6. The third-order valence-corrected chi connectivity index (χ3v) is 5.36. The zero-order chi connectivity index (χ0) is 20.9. The Bertz CT molecular complexity index is 988. The molecule has 3 heterocycles. The summed E-state index contributed by atoms with van der Waals surface area (Å²) in [7, 11) is 0. The highest BCUT2D eigenvalue weighted by atomic mass is 16.5. The second-order valence-electron chi connectivity index (χ2n) is 7.97. The van der Waals surface area contributed by atoms with Crippen LogP contribution in [0.15, 0.2) is 34.9 Å². The van der Waals surface area contributed by atoms with Gasteiger partial charge in [0.25, 0.3) is 0 Å². The zero-order valence-electron chi connectivity index (χ0n) is 17.6. The maximum Gasteiger partial charge on any atom is 0.224 e. The van der Waals surface area contributed by atoms with E-state index in [1.54, 1.807) is 0 Å². The van der Waals surface area contributed by atoms with E-state index in [4.69, 9.17) is 9.15 Å². The van der Waals surface area contributed by atoms with Gasteiger partial charge in [0, 0.05) is 67.7 Å². The summed E-state index contributed by atoms with van der Waals surface area (Å²) >= 11 is 0. The molecule has 0 atom stereocenters. The molecule has 8 nitrogen and oxygen atoms in total. The quantitative estimate of drug-likeness (QED) is 0.613. The number of aryl methyl sites for hydroxylation is 1. The van der Waals surface area contributed by atoms with E-state index < -0.39 is 0 Å². The molecule has 1 fully saturated rings.